The Balaban J connectivity index is 2.10. The number of hydrogen-bond acceptors (Lipinski definition) is 4. The molecular weight excluding hydrogens is 234 g/mol. The molecule has 18 heavy (non-hydrogen) atoms. The fraction of sp³-hybridized carbons (Fsp3) is 0.833. The second-order valence-electron chi connectivity index (χ2n) is 6.09. The lowest BCUT2D eigenvalue weighted by Crippen LogP contribution is -2.60. The number of aliphatic hydroxyl groups is 1. The molecule has 0 aliphatic carbocycles. The number of aliphatic hydroxyl groups excluding tert-OH is 1. The van der Waals surface area contributed by atoms with Gasteiger partial charge in [-0.3, -0.25) is 14.9 Å². The van der Waals surface area contributed by atoms with E-state index in [1.54, 1.807) is 11.8 Å². The Labute approximate surface area is 107 Å². The second kappa shape index (κ2) is 4.20. The first-order valence-corrected chi connectivity index (χ1v) is 6.27. The van der Waals surface area contributed by atoms with Gasteiger partial charge in [0.05, 0.1) is 24.7 Å². The number of piperazine rings is 1. The summed E-state index contributed by atoms with van der Waals surface area (Å²) in [4.78, 5) is 25.6. The molecule has 2 fully saturated rings. The minimum Gasteiger partial charge on any atom is -0.394 e. The first kappa shape index (κ1) is 13.3. The maximum atomic E-state index is 12.2. The lowest BCUT2D eigenvalue weighted by Gasteiger charge is -2.30. The molecule has 2 heterocycles. The van der Waals surface area contributed by atoms with Crippen molar-refractivity contribution in [2.75, 3.05) is 6.61 Å². The van der Waals surface area contributed by atoms with Crippen LogP contribution in [-0.4, -0.2) is 58.1 Å². The Bertz CT molecular complexity index is 377. The van der Waals surface area contributed by atoms with E-state index in [4.69, 9.17) is 0 Å². The molecule has 0 bridgehead atoms. The van der Waals surface area contributed by atoms with Crippen molar-refractivity contribution in [2.24, 2.45) is 0 Å². The van der Waals surface area contributed by atoms with Crippen LogP contribution in [0, 0.1) is 0 Å². The third kappa shape index (κ3) is 2.22. The van der Waals surface area contributed by atoms with Gasteiger partial charge in [-0.2, -0.15) is 0 Å². The molecule has 2 amide bonds. The number of fused-ring (bicyclic) bond motifs is 1. The molecule has 2 rings (SSSR count). The van der Waals surface area contributed by atoms with Crippen LogP contribution in [0.25, 0.3) is 0 Å². The van der Waals surface area contributed by atoms with Crippen LogP contribution in [0.5, 0.6) is 0 Å². The van der Waals surface area contributed by atoms with Crippen LogP contribution >= 0.6 is 0 Å². The van der Waals surface area contributed by atoms with E-state index in [9.17, 15) is 14.7 Å². The lowest BCUT2D eigenvalue weighted by molar-refractivity contribution is -0.133. The molecule has 2 aliphatic rings. The van der Waals surface area contributed by atoms with Gasteiger partial charge >= 0.3 is 0 Å². The fourth-order valence-electron chi connectivity index (χ4n) is 2.53. The molecule has 2 aliphatic heterocycles. The Hall–Kier alpha value is -1.14. The zero-order valence-corrected chi connectivity index (χ0v) is 11.2. The molecule has 2 saturated heterocycles. The van der Waals surface area contributed by atoms with Gasteiger partial charge in [0.15, 0.2) is 0 Å². The molecule has 0 unspecified atom stereocenters. The van der Waals surface area contributed by atoms with Crippen molar-refractivity contribution >= 4 is 11.8 Å². The van der Waals surface area contributed by atoms with Crippen LogP contribution in [0.2, 0.25) is 0 Å². The van der Waals surface area contributed by atoms with Crippen LogP contribution in [-0.2, 0) is 9.59 Å². The van der Waals surface area contributed by atoms with E-state index in [0.29, 0.717) is 0 Å². The quantitative estimate of drug-likeness (QED) is 0.543. The highest BCUT2D eigenvalue weighted by Crippen LogP contribution is 2.35. The number of carbonyl (C=O) groups excluding carboxylic acids is 2. The van der Waals surface area contributed by atoms with Crippen molar-refractivity contribution in [2.45, 2.75) is 57.4 Å². The van der Waals surface area contributed by atoms with Gasteiger partial charge in [-0.05, 0) is 27.7 Å². The van der Waals surface area contributed by atoms with E-state index in [0.717, 1.165) is 0 Å². The van der Waals surface area contributed by atoms with Crippen LogP contribution in [0.1, 0.15) is 27.7 Å². The zero-order chi connectivity index (χ0) is 13.7. The summed E-state index contributed by atoms with van der Waals surface area (Å²) in [5, 5.41) is 15.2. The summed E-state index contributed by atoms with van der Waals surface area (Å²) in [5.74, 6) is -0.161. The molecule has 6 heteroatoms. The lowest BCUT2D eigenvalue weighted by atomic mass is 10.0. The number of amides is 2. The molecule has 0 radical (unpaired) electrons. The maximum absolute atomic E-state index is 12.2. The van der Waals surface area contributed by atoms with Crippen molar-refractivity contribution in [3.8, 4) is 0 Å². The average Bonchev–Trinajstić information content (AvgIpc) is 2.95. The molecule has 0 aromatic heterocycles. The minimum absolute atomic E-state index is 0.0427. The Morgan fingerprint density at radius 1 is 1.50 bits per heavy atom. The summed E-state index contributed by atoms with van der Waals surface area (Å²) < 4.78 is 0. The van der Waals surface area contributed by atoms with Gasteiger partial charge in [-0.15, -0.1) is 0 Å². The molecule has 4 atom stereocenters. The standard InChI is InChI=1S/C12H21N3O3/c1-6-11(18)15-7(5-16)9(15)8(13-6)10(17)14-12(2,3)4/h6-9,13,16H,5H2,1-4H3,(H,14,17)/t6-,7+,8+,9+,15?/m0/s1. The predicted octanol–water partition coefficient (Wildman–Crippen LogP) is -1.17. The Kier molecular flexibility index (Phi) is 3.11. The molecule has 3 N–H and O–H groups in total. The SMILES string of the molecule is C[C@@H]1N[C@@H](C(=O)NC(C)(C)C)[C@H]2[C@@H](CO)N2C1=O. The van der Waals surface area contributed by atoms with Crippen LogP contribution in [0.15, 0.2) is 0 Å². The van der Waals surface area contributed by atoms with E-state index in [1.807, 2.05) is 20.8 Å². The summed E-state index contributed by atoms with van der Waals surface area (Å²) in [5.41, 5.74) is -0.308. The van der Waals surface area contributed by atoms with Gasteiger partial charge in [0.2, 0.25) is 11.8 Å². The summed E-state index contributed by atoms with van der Waals surface area (Å²) in [7, 11) is 0. The van der Waals surface area contributed by atoms with Crippen molar-refractivity contribution in [3.63, 3.8) is 0 Å². The molecule has 0 spiro atoms. The van der Waals surface area contributed by atoms with E-state index < -0.39 is 6.04 Å². The van der Waals surface area contributed by atoms with Crippen molar-refractivity contribution in [1.82, 2.24) is 15.5 Å². The summed E-state index contributed by atoms with van der Waals surface area (Å²) in [6.07, 6.45) is 0. The fourth-order valence-corrected chi connectivity index (χ4v) is 2.53. The predicted molar refractivity (Wildman–Crippen MR) is 65.8 cm³/mol. The molecule has 6 nitrogen and oxygen atoms in total. The molecule has 102 valence electrons. The third-order valence-electron chi connectivity index (χ3n) is 3.35. The highest BCUT2D eigenvalue weighted by atomic mass is 16.3. The third-order valence-corrected chi connectivity index (χ3v) is 3.35. The first-order chi connectivity index (χ1) is 8.26. The van der Waals surface area contributed by atoms with Crippen molar-refractivity contribution in [1.29, 1.82) is 0 Å². The van der Waals surface area contributed by atoms with Crippen LogP contribution < -0.4 is 10.6 Å². The number of nitrogens with zero attached hydrogens (tertiary/aromatic N) is 1. The molecule has 0 saturated carbocycles. The highest BCUT2D eigenvalue weighted by Gasteiger charge is 2.60. The van der Waals surface area contributed by atoms with Gasteiger partial charge in [-0.1, -0.05) is 0 Å². The number of rotatable bonds is 2. The number of nitrogens with one attached hydrogen (secondary N) is 2. The van der Waals surface area contributed by atoms with E-state index in [2.05, 4.69) is 10.6 Å². The Morgan fingerprint density at radius 2 is 2.11 bits per heavy atom. The highest BCUT2D eigenvalue weighted by molar-refractivity contribution is 5.92. The zero-order valence-electron chi connectivity index (χ0n) is 11.2. The minimum atomic E-state index is -0.436. The van der Waals surface area contributed by atoms with E-state index >= 15 is 0 Å². The Morgan fingerprint density at radius 3 is 2.61 bits per heavy atom. The summed E-state index contributed by atoms with van der Waals surface area (Å²) in [6.45, 7) is 7.39. The maximum Gasteiger partial charge on any atom is 0.240 e. The monoisotopic (exact) mass is 255 g/mol. The average molecular weight is 255 g/mol. The van der Waals surface area contributed by atoms with Crippen molar-refractivity contribution in [3.05, 3.63) is 0 Å². The summed E-state index contributed by atoms with van der Waals surface area (Å²) in [6, 6.07) is -1.24. The molecule has 0 aromatic rings. The smallest absolute Gasteiger partial charge is 0.240 e. The molecule has 0 aromatic carbocycles. The normalized spacial score (nSPS) is 35.2. The van der Waals surface area contributed by atoms with E-state index in [1.165, 1.54) is 0 Å². The van der Waals surface area contributed by atoms with Gasteiger partial charge < -0.3 is 15.3 Å². The van der Waals surface area contributed by atoms with Crippen LogP contribution in [0.4, 0.5) is 0 Å². The van der Waals surface area contributed by atoms with E-state index in [-0.39, 0.29) is 42.1 Å². The second-order valence-corrected chi connectivity index (χ2v) is 6.09. The van der Waals surface area contributed by atoms with Gasteiger partial charge in [0.25, 0.3) is 0 Å². The van der Waals surface area contributed by atoms with Crippen LogP contribution in [0.3, 0.4) is 0 Å². The first-order valence-electron chi connectivity index (χ1n) is 6.27. The van der Waals surface area contributed by atoms with Gasteiger partial charge in [0.1, 0.15) is 6.04 Å². The topological polar surface area (TPSA) is 81.4 Å². The molecular formula is C12H21N3O3. The largest absolute Gasteiger partial charge is 0.394 e. The van der Waals surface area contributed by atoms with Gasteiger partial charge in [-0.25, -0.2) is 0 Å². The number of carbonyl (C=O) groups is 2. The van der Waals surface area contributed by atoms with Gasteiger partial charge in [0, 0.05) is 5.54 Å². The number of hydrogen-bond donors (Lipinski definition) is 3. The van der Waals surface area contributed by atoms with Crippen molar-refractivity contribution < 1.29 is 14.7 Å². The summed E-state index contributed by atoms with van der Waals surface area (Å²) >= 11 is 0.